The van der Waals surface area contributed by atoms with E-state index in [1.165, 1.54) is 0 Å². The molecule has 0 aliphatic rings. The zero-order valence-electron chi connectivity index (χ0n) is 14.5. The number of hydrogen-bond donors (Lipinski definition) is 2. The van der Waals surface area contributed by atoms with Crippen molar-refractivity contribution in [3.8, 4) is 0 Å². The Bertz CT molecular complexity index is 299. The van der Waals surface area contributed by atoms with Crippen LogP contribution < -0.4 is 5.32 Å². The summed E-state index contributed by atoms with van der Waals surface area (Å²) in [5.74, 6) is 0.628. The number of carbonyl (C=O) groups is 1. The molecule has 0 rings (SSSR count). The lowest BCUT2D eigenvalue weighted by molar-refractivity contribution is 0.0401. The van der Waals surface area contributed by atoms with Gasteiger partial charge in [-0.3, -0.25) is 0 Å². The SMILES string of the molecule is CC(C)CCOCCC(C)(CO)CNC(=O)OC(C)(C)C. The fourth-order valence-corrected chi connectivity index (χ4v) is 1.56. The minimum Gasteiger partial charge on any atom is -0.444 e. The summed E-state index contributed by atoms with van der Waals surface area (Å²) in [7, 11) is 0. The van der Waals surface area contributed by atoms with Gasteiger partial charge in [0.2, 0.25) is 0 Å². The molecular formula is C16H33NO4. The first-order chi connectivity index (χ1) is 9.58. The number of aliphatic hydroxyl groups is 1. The minimum absolute atomic E-state index is 0.00363. The van der Waals surface area contributed by atoms with Crippen LogP contribution in [-0.2, 0) is 9.47 Å². The van der Waals surface area contributed by atoms with E-state index >= 15 is 0 Å². The van der Waals surface area contributed by atoms with E-state index < -0.39 is 17.1 Å². The minimum atomic E-state index is -0.514. The molecule has 0 heterocycles. The molecule has 1 unspecified atom stereocenters. The van der Waals surface area contributed by atoms with Crippen LogP contribution in [0, 0.1) is 11.3 Å². The summed E-state index contributed by atoms with van der Waals surface area (Å²) < 4.78 is 10.8. The molecule has 0 saturated heterocycles. The van der Waals surface area contributed by atoms with Crippen LogP contribution in [0.3, 0.4) is 0 Å². The summed E-state index contributed by atoms with van der Waals surface area (Å²) in [5.41, 5.74) is -0.908. The number of nitrogens with one attached hydrogen (secondary N) is 1. The topological polar surface area (TPSA) is 67.8 Å². The first-order valence-electron chi connectivity index (χ1n) is 7.73. The third kappa shape index (κ3) is 11.5. The summed E-state index contributed by atoms with van der Waals surface area (Å²) in [5, 5.41) is 12.2. The zero-order valence-corrected chi connectivity index (χ0v) is 14.5. The molecule has 0 aliphatic carbocycles. The second-order valence-corrected chi connectivity index (χ2v) is 7.37. The lowest BCUT2D eigenvalue weighted by Gasteiger charge is -2.28. The van der Waals surface area contributed by atoms with Crippen LogP contribution in [0.2, 0.25) is 0 Å². The fraction of sp³-hybridized carbons (Fsp3) is 0.938. The van der Waals surface area contributed by atoms with Crippen molar-refractivity contribution in [2.45, 2.75) is 60.0 Å². The average molecular weight is 303 g/mol. The molecule has 21 heavy (non-hydrogen) atoms. The van der Waals surface area contributed by atoms with Crippen LogP contribution in [0.5, 0.6) is 0 Å². The maximum atomic E-state index is 11.6. The number of carbonyl (C=O) groups excluding carboxylic acids is 1. The van der Waals surface area contributed by atoms with E-state index in [0.29, 0.717) is 25.5 Å². The van der Waals surface area contributed by atoms with Gasteiger partial charge in [0.15, 0.2) is 0 Å². The smallest absolute Gasteiger partial charge is 0.407 e. The summed E-state index contributed by atoms with van der Waals surface area (Å²) in [6.45, 7) is 13.4. The molecule has 5 nitrogen and oxygen atoms in total. The standard InChI is InChI=1S/C16H33NO4/c1-13(2)7-9-20-10-8-16(6,12-18)11-17-14(19)21-15(3,4)5/h13,18H,7-12H2,1-6H3,(H,17,19). The maximum absolute atomic E-state index is 11.6. The van der Waals surface area contributed by atoms with Gasteiger partial charge in [-0.1, -0.05) is 20.8 Å². The normalized spacial score (nSPS) is 14.9. The monoisotopic (exact) mass is 303 g/mol. The Labute approximate surface area is 129 Å². The highest BCUT2D eigenvalue weighted by Gasteiger charge is 2.25. The van der Waals surface area contributed by atoms with Gasteiger partial charge in [-0.2, -0.15) is 0 Å². The number of aliphatic hydroxyl groups excluding tert-OH is 1. The van der Waals surface area contributed by atoms with Crippen molar-refractivity contribution in [2.75, 3.05) is 26.4 Å². The summed E-state index contributed by atoms with van der Waals surface area (Å²) in [4.78, 5) is 11.6. The van der Waals surface area contributed by atoms with Crippen molar-refractivity contribution >= 4 is 6.09 Å². The van der Waals surface area contributed by atoms with Crippen molar-refractivity contribution < 1.29 is 19.4 Å². The van der Waals surface area contributed by atoms with Crippen molar-refractivity contribution in [1.29, 1.82) is 0 Å². The van der Waals surface area contributed by atoms with Gasteiger partial charge in [-0.25, -0.2) is 4.79 Å². The summed E-state index contributed by atoms with van der Waals surface area (Å²) in [6.07, 6.45) is 1.27. The van der Waals surface area contributed by atoms with Crippen molar-refractivity contribution in [3.63, 3.8) is 0 Å². The van der Waals surface area contributed by atoms with Gasteiger partial charge in [0.1, 0.15) is 5.60 Å². The van der Waals surface area contributed by atoms with E-state index in [9.17, 15) is 9.90 Å². The fourth-order valence-electron chi connectivity index (χ4n) is 1.56. The number of amides is 1. The molecule has 1 amide bonds. The summed E-state index contributed by atoms with van der Waals surface area (Å²) >= 11 is 0. The molecule has 0 fully saturated rings. The number of hydrogen-bond acceptors (Lipinski definition) is 4. The molecule has 0 radical (unpaired) electrons. The Morgan fingerprint density at radius 2 is 1.81 bits per heavy atom. The zero-order chi connectivity index (χ0) is 16.5. The van der Waals surface area contributed by atoms with Gasteiger partial charge in [0.25, 0.3) is 0 Å². The second kappa shape index (κ2) is 9.26. The molecule has 126 valence electrons. The van der Waals surface area contributed by atoms with Gasteiger partial charge in [-0.15, -0.1) is 0 Å². The maximum Gasteiger partial charge on any atom is 0.407 e. The van der Waals surface area contributed by atoms with Crippen molar-refractivity contribution in [1.82, 2.24) is 5.32 Å². The molecule has 0 aromatic rings. The molecule has 1 atom stereocenters. The highest BCUT2D eigenvalue weighted by molar-refractivity contribution is 5.67. The molecule has 0 aliphatic heterocycles. The van der Waals surface area contributed by atoms with Gasteiger partial charge in [-0.05, 0) is 39.5 Å². The predicted molar refractivity (Wildman–Crippen MR) is 84.3 cm³/mol. The molecule has 0 spiro atoms. The Morgan fingerprint density at radius 1 is 1.19 bits per heavy atom. The highest BCUT2D eigenvalue weighted by Crippen LogP contribution is 2.20. The Morgan fingerprint density at radius 3 is 2.29 bits per heavy atom. The van der Waals surface area contributed by atoms with Gasteiger partial charge in [0.05, 0.1) is 6.61 Å². The Hall–Kier alpha value is -0.810. The molecule has 5 heteroatoms. The van der Waals surface area contributed by atoms with Crippen LogP contribution >= 0.6 is 0 Å². The average Bonchev–Trinajstić information content (AvgIpc) is 2.33. The number of ether oxygens (including phenoxy) is 2. The first-order valence-corrected chi connectivity index (χ1v) is 7.73. The van der Waals surface area contributed by atoms with Crippen LogP contribution in [0.1, 0.15) is 54.4 Å². The van der Waals surface area contributed by atoms with Crippen LogP contribution in [0.15, 0.2) is 0 Å². The number of alkyl carbamates (subject to hydrolysis) is 1. The van der Waals surface area contributed by atoms with Gasteiger partial charge >= 0.3 is 6.09 Å². The largest absolute Gasteiger partial charge is 0.444 e. The van der Waals surface area contributed by atoms with E-state index in [0.717, 1.165) is 13.0 Å². The molecular weight excluding hydrogens is 270 g/mol. The molecule has 0 aromatic carbocycles. The predicted octanol–water partition coefficient (Wildman–Crippen LogP) is 2.96. The molecule has 0 saturated carbocycles. The lowest BCUT2D eigenvalue weighted by Crippen LogP contribution is -2.41. The van der Waals surface area contributed by atoms with Crippen LogP contribution in [0.25, 0.3) is 0 Å². The summed E-state index contributed by atoms with van der Waals surface area (Å²) in [6, 6.07) is 0. The molecule has 2 N–H and O–H groups in total. The van der Waals surface area contributed by atoms with E-state index in [1.807, 2.05) is 27.7 Å². The van der Waals surface area contributed by atoms with Crippen molar-refractivity contribution in [3.05, 3.63) is 0 Å². The Balaban J connectivity index is 4.02. The van der Waals surface area contributed by atoms with E-state index in [2.05, 4.69) is 19.2 Å². The van der Waals surface area contributed by atoms with Gasteiger partial charge in [0, 0.05) is 25.2 Å². The second-order valence-electron chi connectivity index (χ2n) is 7.37. The third-order valence-corrected chi connectivity index (χ3v) is 3.13. The first kappa shape index (κ1) is 20.2. The molecule has 0 aromatic heterocycles. The highest BCUT2D eigenvalue weighted by atomic mass is 16.6. The van der Waals surface area contributed by atoms with Crippen molar-refractivity contribution in [2.24, 2.45) is 11.3 Å². The molecule has 0 bridgehead atoms. The third-order valence-electron chi connectivity index (χ3n) is 3.13. The van der Waals surface area contributed by atoms with Gasteiger partial charge < -0.3 is 19.9 Å². The lowest BCUT2D eigenvalue weighted by atomic mass is 9.88. The van der Waals surface area contributed by atoms with E-state index in [4.69, 9.17) is 9.47 Å². The van der Waals surface area contributed by atoms with E-state index in [-0.39, 0.29) is 6.61 Å². The van der Waals surface area contributed by atoms with Crippen LogP contribution in [0.4, 0.5) is 4.79 Å². The number of rotatable bonds is 9. The quantitative estimate of drug-likeness (QED) is 0.643. The van der Waals surface area contributed by atoms with E-state index in [1.54, 1.807) is 0 Å². The van der Waals surface area contributed by atoms with Crippen LogP contribution in [-0.4, -0.2) is 43.2 Å². The Kier molecular flexibility index (Phi) is 8.90.